The monoisotopic (exact) mass is 369 g/mol. The lowest BCUT2D eigenvalue weighted by Gasteiger charge is -2.30. The van der Waals surface area contributed by atoms with Gasteiger partial charge in [0.25, 0.3) is 5.91 Å². The quantitative estimate of drug-likeness (QED) is 0.719. The fourth-order valence-corrected chi connectivity index (χ4v) is 3.35. The summed E-state index contributed by atoms with van der Waals surface area (Å²) in [6.45, 7) is 5.69. The van der Waals surface area contributed by atoms with Gasteiger partial charge < -0.3 is 16.0 Å². The van der Waals surface area contributed by atoms with E-state index in [1.807, 2.05) is 32.0 Å². The van der Waals surface area contributed by atoms with Crippen LogP contribution < -0.4 is 16.0 Å². The fourth-order valence-electron chi connectivity index (χ4n) is 3.08. The molecule has 2 aromatic rings. The van der Waals surface area contributed by atoms with Crippen molar-refractivity contribution in [1.82, 2.24) is 10.6 Å². The maximum absolute atomic E-state index is 14.3. The largest absolute Gasteiger partial charge is 0.351 e. The first-order valence-electron chi connectivity index (χ1n) is 8.28. The van der Waals surface area contributed by atoms with Crippen LogP contribution in [0.15, 0.2) is 53.7 Å². The standard InChI is InChI=1S/C20H20FN3OS/c1-11-8-9-16(12(2)10-11)23-19(25)17-13(3)22-20(26)24-18(17)14-6-4-5-7-15(14)21/h4-10,18H,1-3H3,(H,23,25)(H2,22,24,26)/t18-/m0/s1. The summed E-state index contributed by atoms with van der Waals surface area (Å²) in [7, 11) is 0. The number of nitrogens with one attached hydrogen (secondary N) is 3. The van der Waals surface area contributed by atoms with Gasteiger partial charge in [-0.05, 0) is 50.7 Å². The molecule has 1 aliphatic rings. The molecule has 134 valence electrons. The second-order valence-electron chi connectivity index (χ2n) is 6.36. The molecule has 0 saturated carbocycles. The van der Waals surface area contributed by atoms with Crippen molar-refractivity contribution in [3.8, 4) is 0 Å². The lowest BCUT2D eigenvalue weighted by atomic mass is 9.94. The topological polar surface area (TPSA) is 53.2 Å². The third kappa shape index (κ3) is 3.60. The second-order valence-corrected chi connectivity index (χ2v) is 6.77. The molecule has 3 rings (SSSR count). The Bertz CT molecular complexity index is 923. The molecule has 1 atom stereocenters. The Hall–Kier alpha value is -2.73. The zero-order chi connectivity index (χ0) is 18.8. The minimum Gasteiger partial charge on any atom is -0.351 e. The zero-order valence-corrected chi connectivity index (χ0v) is 15.6. The van der Waals surface area contributed by atoms with Crippen LogP contribution in [0.1, 0.15) is 29.7 Å². The van der Waals surface area contributed by atoms with Crippen molar-refractivity contribution in [2.24, 2.45) is 0 Å². The van der Waals surface area contributed by atoms with E-state index in [0.717, 1.165) is 16.8 Å². The molecule has 4 nitrogen and oxygen atoms in total. The molecular formula is C20H20FN3OS. The molecule has 2 aromatic carbocycles. The fraction of sp³-hybridized carbons (Fsp3) is 0.200. The number of allylic oxidation sites excluding steroid dienone is 1. The van der Waals surface area contributed by atoms with Crippen molar-refractivity contribution in [2.45, 2.75) is 26.8 Å². The van der Waals surface area contributed by atoms with Gasteiger partial charge in [-0.25, -0.2) is 4.39 Å². The number of benzene rings is 2. The smallest absolute Gasteiger partial charge is 0.255 e. The number of amides is 1. The van der Waals surface area contributed by atoms with E-state index in [2.05, 4.69) is 16.0 Å². The van der Waals surface area contributed by atoms with Crippen molar-refractivity contribution in [3.63, 3.8) is 0 Å². The molecule has 6 heteroatoms. The van der Waals surface area contributed by atoms with Gasteiger partial charge in [0.05, 0.1) is 11.6 Å². The van der Waals surface area contributed by atoms with Gasteiger partial charge in [0.15, 0.2) is 5.11 Å². The average molecular weight is 369 g/mol. The zero-order valence-electron chi connectivity index (χ0n) is 14.8. The summed E-state index contributed by atoms with van der Waals surface area (Å²) in [5, 5.41) is 9.25. The van der Waals surface area contributed by atoms with Gasteiger partial charge in [0.1, 0.15) is 5.82 Å². The number of aryl methyl sites for hydroxylation is 2. The molecule has 1 amide bonds. The number of rotatable bonds is 3. The van der Waals surface area contributed by atoms with Crippen LogP contribution in [-0.4, -0.2) is 11.0 Å². The van der Waals surface area contributed by atoms with Gasteiger partial charge in [-0.2, -0.15) is 0 Å². The van der Waals surface area contributed by atoms with Gasteiger partial charge in [-0.1, -0.05) is 35.9 Å². The minimum absolute atomic E-state index is 0.301. The van der Waals surface area contributed by atoms with Crippen LogP contribution in [0, 0.1) is 19.7 Å². The molecular weight excluding hydrogens is 349 g/mol. The van der Waals surface area contributed by atoms with Crippen LogP contribution in [0.25, 0.3) is 0 Å². The van der Waals surface area contributed by atoms with E-state index in [1.54, 1.807) is 25.1 Å². The molecule has 3 N–H and O–H groups in total. The van der Waals surface area contributed by atoms with E-state index in [9.17, 15) is 9.18 Å². The van der Waals surface area contributed by atoms with Gasteiger partial charge in [-0.3, -0.25) is 4.79 Å². The number of hydrogen-bond donors (Lipinski definition) is 3. The molecule has 0 unspecified atom stereocenters. The lowest BCUT2D eigenvalue weighted by Crippen LogP contribution is -2.46. The molecule has 1 aliphatic heterocycles. The maximum Gasteiger partial charge on any atom is 0.255 e. The van der Waals surface area contributed by atoms with Gasteiger partial charge >= 0.3 is 0 Å². The molecule has 0 fully saturated rings. The highest BCUT2D eigenvalue weighted by Crippen LogP contribution is 2.29. The maximum atomic E-state index is 14.3. The summed E-state index contributed by atoms with van der Waals surface area (Å²) in [4.78, 5) is 13.0. The highest BCUT2D eigenvalue weighted by Gasteiger charge is 2.31. The summed E-state index contributed by atoms with van der Waals surface area (Å²) >= 11 is 5.20. The summed E-state index contributed by atoms with van der Waals surface area (Å²) in [6, 6.07) is 11.5. The van der Waals surface area contributed by atoms with Crippen LogP contribution >= 0.6 is 12.2 Å². The van der Waals surface area contributed by atoms with Crippen LogP contribution in [0.5, 0.6) is 0 Å². The molecule has 0 aromatic heterocycles. The van der Waals surface area contributed by atoms with Gasteiger partial charge in [-0.15, -0.1) is 0 Å². The van der Waals surface area contributed by atoms with E-state index >= 15 is 0 Å². The number of thiocarbonyl (C=S) groups is 1. The number of halogens is 1. The molecule has 26 heavy (non-hydrogen) atoms. The van der Waals surface area contributed by atoms with E-state index in [0.29, 0.717) is 21.9 Å². The van der Waals surface area contributed by atoms with Crippen molar-refractivity contribution in [1.29, 1.82) is 0 Å². The van der Waals surface area contributed by atoms with E-state index in [-0.39, 0.29) is 11.7 Å². The van der Waals surface area contributed by atoms with Crippen molar-refractivity contribution >= 4 is 28.9 Å². The third-order valence-corrected chi connectivity index (χ3v) is 4.58. The Kier molecular flexibility index (Phi) is 5.04. The minimum atomic E-state index is -0.657. The van der Waals surface area contributed by atoms with Crippen molar-refractivity contribution in [3.05, 3.63) is 76.2 Å². The molecule has 0 spiro atoms. The molecule has 0 radical (unpaired) electrons. The van der Waals surface area contributed by atoms with Crippen LogP contribution in [-0.2, 0) is 4.79 Å². The lowest BCUT2D eigenvalue weighted by molar-refractivity contribution is -0.113. The van der Waals surface area contributed by atoms with Gasteiger partial charge in [0.2, 0.25) is 0 Å². The first-order chi connectivity index (χ1) is 12.4. The van der Waals surface area contributed by atoms with Crippen LogP contribution in [0.3, 0.4) is 0 Å². The number of anilines is 1. The van der Waals surface area contributed by atoms with Crippen molar-refractivity contribution in [2.75, 3.05) is 5.32 Å². The van der Waals surface area contributed by atoms with Crippen LogP contribution in [0.2, 0.25) is 0 Å². The number of carbonyl (C=O) groups excluding carboxylic acids is 1. The Morgan fingerprint density at radius 1 is 1.15 bits per heavy atom. The Balaban J connectivity index is 1.98. The SMILES string of the molecule is CC1=C(C(=O)Nc2ccc(C)cc2C)[C@H](c2ccccc2F)NC(=S)N1. The second kappa shape index (κ2) is 7.25. The van der Waals surface area contributed by atoms with Crippen LogP contribution in [0.4, 0.5) is 10.1 Å². The van der Waals surface area contributed by atoms with E-state index in [4.69, 9.17) is 12.2 Å². The molecule has 0 bridgehead atoms. The number of carbonyl (C=O) groups is 1. The highest BCUT2D eigenvalue weighted by atomic mass is 32.1. The normalized spacial score (nSPS) is 16.8. The predicted octanol–water partition coefficient (Wildman–Crippen LogP) is 3.87. The summed E-state index contributed by atoms with van der Waals surface area (Å²) < 4.78 is 14.3. The molecule has 0 aliphatic carbocycles. The first-order valence-corrected chi connectivity index (χ1v) is 8.69. The summed E-state index contributed by atoms with van der Waals surface area (Å²) in [5.41, 5.74) is 4.19. The highest BCUT2D eigenvalue weighted by molar-refractivity contribution is 7.80. The Morgan fingerprint density at radius 3 is 2.58 bits per heavy atom. The Morgan fingerprint density at radius 2 is 1.88 bits per heavy atom. The Labute approximate surface area is 157 Å². The number of hydrogen-bond acceptors (Lipinski definition) is 2. The summed E-state index contributed by atoms with van der Waals surface area (Å²) in [6.07, 6.45) is 0. The van der Waals surface area contributed by atoms with Gasteiger partial charge in [0, 0.05) is 16.9 Å². The average Bonchev–Trinajstić information content (AvgIpc) is 2.57. The first kappa shape index (κ1) is 18.1. The summed E-state index contributed by atoms with van der Waals surface area (Å²) in [5.74, 6) is -0.690. The molecule has 0 saturated heterocycles. The predicted molar refractivity (Wildman–Crippen MR) is 105 cm³/mol. The van der Waals surface area contributed by atoms with Crippen molar-refractivity contribution < 1.29 is 9.18 Å². The van der Waals surface area contributed by atoms with E-state index < -0.39 is 6.04 Å². The molecule has 1 heterocycles. The third-order valence-electron chi connectivity index (χ3n) is 4.36. The van der Waals surface area contributed by atoms with E-state index in [1.165, 1.54) is 6.07 Å².